The van der Waals surface area contributed by atoms with Crippen LogP contribution in [-0.2, 0) is 19.1 Å². The van der Waals surface area contributed by atoms with Gasteiger partial charge < -0.3 is 10.5 Å². The van der Waals surface area contributed by atoms with Gasteiger partial charge in [-0.25, -0.2) is 9.69 Å². The summed E-state index contributed by atoms with van der Waals surface area (Å²) >= 11 is 0. The Morgan fingerprint density at radius 3 is 2.20 bits per heavy atom. The van der Waals surface area contributed by atoms with Gasteiger partial charge in [0, 0.05) is 12.2 Å². The summed E-state index contributed by atoms with van der Waals surface area (Å²) in [6, 6.07) is 0. The van der Waals surface area contributed by atoms with Crippen molar-refractivity contribution in [2.24, 2.45) is 5.73 Å². The number of ether oxygens (including phenoxy) is 1. The molecule has 6 heteroatoms. The largest absolute Gasteiger partial charge is 0.466 e. The Bertz CT molecular complexity index is 377. The molecule has 0 atom stereocenters. The second-order valence-electron chi connectivity index (χ2n) is 2.85. The van der Waals surface area contributed by atoms with Gasteiger partial charge in [-0.15, -0.1) is 0 Å². The lowest BCUT2D eigenvalue weighted by molar-refractivity contribution is -0.136. The first-order valence-electron chi connectivity index (χ1n) is 4.09. The highest BCUT2D eigenvalue weighted by atomic mass is 16.5. The highest BCUT2D eigenvalue weighted by molar-refractivity contribution is 6.14. The van der Waals surface area contributed by atoms with Crippen LogP contribution in [0.1, 0.15) is 6.92 Å². The molecule has 0 radical (unpaired) electrons. The monoisotopic (exact) mass is 210 g/mol. The Hall–Kier alpha value is -2.11. The Kier molecular flexibility index (Phi) is 2.89. The molecule has 80 valence electrons. The number of esters is 1. The number of nitrogens with zero attached hydrogens (tertiary/aromatic N) is 1. The van der Waals surface area contributed by atoms with E-state index in [1.165, 1.54) is 14.0 Å². The predicted molar refractivity (Wildman–Crippen MR) is 49.9 cm³/mol. The topological polar surface area (TPSA) is 89.7 Å². The molecule has 6 nitrogen and oxygen atoms in total. The molecule has 1 rings (SSSR count). The van der Waals surface area contributed by atoms with Crippen molar-refractivity contribution < 1.29 is 19.1 Å². The van der Waals surface area contributed by atoms with Crippen LogP contribution in [0, 0.1) is 0 Å². The summed E-state index contributed by atoms with van der Waals surface area (Å²) in [5, 5.41) is 0. The van der Waals surface area contributed by atoms with E-state index >= 15 is 0 Å². The van der Waals surface area contributed by atoms with Crippen molar-refractivity contribution >= 4 is 17.8 Å². The Labute approximate surface area is 86.0 Å². The molecule has 1 aliphatic heterocycles. The van der Waals surface area contributed by atoms with Crippen LogP contribution >= 0.6 is 0 Å². The van der Waals surface area contributed by atoms with E-state index in [0.717, 1.165) is 12.2 Å². The number of methoxy groups -OCH3 is 1. The molecule has 0 aromatic heterocycles. The standard InChI is InChI=1S/C9H10N2O4/c1-5(9(14)15-2)8(10)11-6(12)3-4-7(11)13/h3-4H,10H2,1-2H3. The Balaban J connectivity index is 3.03. The van der Waals surface area contributed by atoms with Crippen LogP contribution in [0.4, 0.5) is 0 Å². The molecule has 15 heavy (non-hydrogen) atoms. The average Bonchev–Trinajstić information content (AvgIpc) is 2.55. The molecule has 0 saturated carbocycles. The number of imide groups is 1. The molecule has 1 heterocycles. The smallest absolute Gasteiger partial charge is 0.337 e. The highest BCUT2D eigenvalue weighted by Crippen LogP contribution is 2.12. The van der Waals surface area contributed by atoms with Crippen LogP contribution in [0.25, 0.3) is 0 Å². The predicted octanol–water partition coefficient (Wildman–Crippen LogP) is -0.725. The molecule has 2 amide bonds. The number of carbonyl (C=O) groups excluding carboxylic acids is 3. The van der Waals surface area contributed by atoms with Crippen LogP contribution in [0.5, 0.6) is 0 Å². The van der Waals surface area contributed by atoms with Crippen molar-refractivity contribution in [3.8, 4) is 0 Å². The number of carbonyl (C=O) groups is 3. The number of nitrogens with two attached hydrogens (primary N) is 1. The van der Waals surface area contributed by atoms with Gasteiger partial charge >= 0.3 is 5.97 Å². The zero-order valence-electron chi connectivity index (χ0n) is 8.31. The summed E-state index contributed by atoms with van der Waals surface area (Å²) < 4.78 is 4.42. The summed E-state index contributed by atoms with van der Waals surface area (Å²) in [5.41, 5.74) is 5.52. The zero-order valence-corrected chi connectivity index (χ0v) is 8.31. The van der Waals surface area contributed by atoms with Crippen molar-refractivity contribution in [2.45, 2.75) is 6.92 Å². The molecule has 0 spiro atoms. The quantitative estimate of drug-likeness (QED) is 0.369. The minimum absolute atomic E-state index is 0.0166. The van der Waals surface area contributed by atoms with Gasteiger partial charge in [-0.1, -0.05) is 0 Å². The third-order valence-corrected chi connectivity index (χ3v) is 1.93. The molecule has 0 fully saturated rings. The molecular formula is C9H10N2O4. The third-order valence-electron chi connectivity index (χ3n) is 1.93. The zero-order chi connectivity index (χ0) is 11.6. The van der Waals surface area contributed by atoms with Crippen molar-refractivity contribution in [2.75, 3.05) is 7.11 Å². The van der Waals surface area contributed by atoms with Crippen molar-refractivity contribution in [1.82, 2.24) is 4.90 Å². The van der Waals surface area contributed by atoms with Crippen LogP contribution in [0.2, 0.25) is 0 Å². The third kappa shape index (κ3) is 1.88. The fourth-order valence-corrected chi connectivity index (χ4v) is 1.06. The van der Waals surface area contributed by atoms with Crippen molar-refractivity contribution in [3.05, 3.63) is 23.5 Å². The number of rotatable bonds is 2. The van der Waals surface area contributed by atoms with E-state index < -0.39 is 17.8 Å². The summed E-state index contributed by atoms with van der Waals surface area (Å²) in [5.74, 6) is -2.02. The number of hydrogen-bond donors (Lipinski definition) is 1. The highest BCUT2D eigenvalue weighted by Gasteiger charge is 2.28. The van der Waals surface area contributed by atoms with Crippen molar-refractivity contribution in [3.63, 3.8) is 0 Å². The summed E-state index contributed by atoms with van der Waals surface area (Å²) in [4.78, 5) is 34.2. The first-order chi connectivity index (χ1) is 6.99. The van der Waals surface area contributed by atoms with Gasteiger partial charge in [0.25, 0.3) is 11.8 Å². The van der Waals surface area contributed by atoms with E-state index in [0.29, 0.717) is 4.90 Å². The van der Waals surface area contributed by atoms with E-state index in [2.05, 4.69) is 4.74 Å². The fourth-order valence-electron chi connectivity index (χ4n) is 1.06. The molecule has 1 aliphatic rings. The SMILES string of the molecule is COC(=O)C(C)=C(N)N1C(=O)C=CC1=O. The average molecular weight is 210 g/mol. The van der Waals surface area contributed by atoms with Crippen LogP contribution < -0.4 is 5.73 Å². The summed E-state index contributed by atoms with van der Waals surface area (Å²) in [6.45, 7) is 1.38. The van der Waals surface area contributed by atoms with Gasteiger partial charge in [0.1, 0.15) is 5.82 Å². The van der Waals surface area contributed by atoms with Crippen molar-refractivity contribution in [1.29, 1.82) is 0 Å². The van der Waals surface area contributed by atoms with Gasteiger partial charge in [0.15, 0.2) is 0 Å². The number of amides is 2. The lowest BCUT2D eigenvalue weighted by atomic mass is 10.3. The van der Waals surface area contributed by atoms with Crippen LogP contribution in [0.15, 0.2) is 23.5 Å². The fraction of sp³-hybridized carbons (Fsp3) is 0.222. The van der Waals surface area contributed by atoms with Gasteiger partial charge in [-0.05, 0) is 6.92 Å². The molecule has 0 aliphatic carbocycles. The van der Waals surface area contributed by atoms with E-state index in [9.17, 15) is 14.4 Å². The summed E-state index contributed by atoms with van der Waals surface area (Å²) in [7, 11) is 1.19. The summed E-state index contributed by atoms with van der Waals surface area (Å²) in [6.07, 6.45) is 2.17. The van der Waals surface area contributed by atoms with Crippen LogP contribution in [-0.4, -0.2) is 29.8 Å². The minimum atomic E-state index is -0.681. The maximum atomic E-state index is 11.2. The first kappa shape index (κ1) is 11.0. The first-order valence-corrected chi connectivity index (χ1v) is 4.09. The Morgan fingerprint density at radius 2 is 1.80 bits per heavy atom. The van der Waals surface area contributed by atoms with Gasteiger partial charge in [0.2, 0.25) is 0 Å². The van der Waals surface area contributed by atoms with E-state index in [1.54, 1.807) is 0 Å². The Morgan fingerprint density at radius 1 is 1.33 bits per heavy atom. The van der Waals surface area contributed by atoms with E-state index in [4.69, 9.17) is 5.73 Å². The van der Waals surface area contributed by atoms with Gasteiger partial charge in [0.05, 0.1) is 12.7 Å². The molecular weight excluding hydrogens is 200 g/mol. The maximum absolute atomic E-state index is 11.2. The molecule has 0 aromatic rings. The lowest BCUT2D eigenvalue weighted by Crippen LogP contribution is -2.35. The van der Waals surface area contributed by atoms with E-state index in [-0.39, 0.29) is 11.4 Å². The molecule has 0 bridgehead atoms. The molecule has 0 unspecified atom stereocenters. The van der Waals surface area contributed by atoms with Gasteiger partial charge in [-0.2, -0.15) is 0 Å². The second kappa shape index (κ2) is 3.95. The lowest BCUT2D eigenvalue weighted by Gasteiger charge is -2.15. The van der Waals surface area contributed by atoms with Gasteiger partial charge in [-0.3, -0.25) is 9.59 Å². The molecule has 2 N–H and O–H groups in total. The molecule has 0 saturated heterocycles. The minimum Gasteiger partial charge on any atom is -0.466 e. The number of hydrogen-bond acceptors (Lipinski definition) is 5. The van der Waals surface area contributed by atoms with E-state index in [1.807, 2.05) is 0 Å². The normalized spacial score (nSPS) is 16.8. The second-order valence-corrected chi connectivity index (χ2v) is 2.85. The maximum Gasteiger partial charge on any atom is 0.337 e. The van der Waals surface area contributed by atoms with Crippen LogP contribution in [0.3, 0.4) is 0 Å². The molecule has 0 aromatic carbocycles.